The molecule has 0 bridgehead atoms. The van der Waals surface area contributed by atoms with Crippen molar-refractivity contribution >= 4 is 0 Å². The quantitative estimate of drug-likeness (QED) is 0.406. The zero-order chi connectivity index (χ0) is 12.0. The molecule has 0 N–H and O–H groups in total. The average Bonchev–Trinajstić information content (AvgIpc) is 2.27. The Balaban J connectivity index is 2.95. The summed E-state index contributed by atoms with van der Waals surface area (Å²) in [5, 5.41) is 0. The van der Waals surface area contributed by atoms with Gasteiger partial charge in [-0.15, -0.1) is 6.58 Å². The van der Waals surface area contributed by atoms with Crippen LogP contribution in [0, 0.1) is 0 Å². The maximum atomic E-state index is 5.79. The molecule has 0 heterocycles. The molecule has 1 aromatic rings. The Kier molecular flexibility index (Phi) is 4.71. The second-order valence-corrected chi connectivity index (χ2v) is 4.30. The van der Waals surface area contributed by atoms with E-state index in [1.807, 2.05) is 19.1 Å². The number of nitrogens with zero attached hydrogens (tertiary/aromatic N) is 1. The first kappa shape index (κ1) is 12.9. The Morgan fingerprint density at radius 2 is 1.94 bits per heavy atom. The van der Waals surface area contributed by atoms with E-state index in [0.717, 1.165) is 6.42 Å². The summed E-state index contributed by atoms with van der Waals surface area (Å²) >= 11 is 0. The summed E-state index contributed by atoms with van der Waals surface area (Å²) in [5.41, 5.74) is 1.29. The molecular formula is C14H22NO+. The maximum absolute atomic E-state index is 5.79. The van der Waals surface area contributed by atoms with Gasteiger partial charge in [-0.2, -0.15) is 4.65 Å². The van der Waals surface area contributed by atoms with Crippen LogP contribution in [0.15, 0.2) is 43.0 Å². The highest BCUT2D eigenvalue weighted by Gasteiger charge is 2.30. The molecule has 88 valence electrons. The van der Waals surface area contributed by atoms with Gasteiger partial charge in [-0.05, 0) is 6.92 Å². The Labute approximate surface area is 98.7 Å². The minimum atomic E-state index is 0.304. The average molecular weight is 220 g/mol. The second-order valence-electron chi connectivity index (χ2n) is 4.30. The van der Waals surface area contributed by atoms with Crippen molar-refractivity contribution in [3.05, 3.63) is 48.6 Å². The lowest BCUT2D eigenvalue weighted by molar-refractivity contribution is -1.10. The van der Waals surface area contributed by atoms with Crippen molar-refractivity contribution in [2.24, 2.45) is 0 Å². The molecule has 0 aliphatic carbocycles. The molecule has 2 heteroatoms. The molecule has 2 nitrogen and oxygen atoms in total. The third kappa shape index (κ3) is 3.19. The highest BCUT2D eigenvalue weighted by Crippen LogP contribution is 2.28. The van der Waals surface area contributed by atoms with Crippen molar-refractivity contribution in [2.75, 3.05) is 20.7 Å². The summed E-state index contributed by atoms with van der Waals surface area (Å²) in [7, 11) is 4.18. The van der Waals surface area contributed by atoms with Gasteiger partial charge in [0.1, 0.15) is 12.6 Å². The lowest BCUT2D eigenvalue weighted by Crippen LogP contribution is -2.42. The number of hydrogen-bond acceptors (Lipinski definition) is 1. The van der Waals surface area contributed by atoms with E-state index in [-0.39, 0.29) is 0 Å². The third-order valence-electron chi connectivity index (χ3n) is 2.79. The van der Waals surface area contributed by atoms with E-state index in [4.69, 9.17) is 4.84 Å². The fraction of sp³-hybridized carbons (Fsp3) is 0.429. The molecule has 0 saturated carbocycles. The van der Waals surface area contributed by atoms with E-state index < -0.39 is 0 Å². The Morgan fingerprint density at radius 3 is 2.44 bits per heavy atom. The van der Waals surface area contributed by atoms with Crippen LogP contribution in [0.1, 0.15) is 24.9 Å². The standard InChI is InChI=1S/C14H22NO/c1-5-10-14(15(3,4)16-6-2)13-11-8-7-9-12-13/h5,7-9,11-12,14H,1,6,10H2,2-4H3/q+1. The van der Waals surface area contributed by atoms with Gasteiger partial charge < -0.3 is 0 Å². The van der Waals surface area contributed by atoms with Gasteiger partial charge in [-0.1, -0.05) is 36.4 Å². The van der Waals surface area contributed by atoms with Crippen molar-refractivity contribution in [1.82, 2.24) is 0 Å². The zero-order valence-electron chi connectivity index (χ0n) is 10.5. The maximum Gasteiger partial charge on any atom is 0.147 e. The van der Waals surface area contributed by atoms with Crippen molar-refractivity contribution in [3.8, 4) is 0 Å². The van der Waals surface area contributed by atoms with Crippen LogP contribution in [0.5, 0.6) is 0 Å². The van der Waals surface area contributed by atoms with Crippen molar-refractivity contribution in [1.29, 1.82) is 0 Å². The lowest BCUT2D eigenvalue weighted by Gasteiger charge is -2.34. The fourth-order valence-corrected chi connectivity index (χ4v) is 2.00. The van der Waals surface area contributed by atoms with E-state index in [1.54, 1.807) is 0 Å². The molecule has 0 aromatic heterocycles. The molecule has 0 saturated heterocycles. The number of hydroxylamine groups is 3. The van der Waals surface area contributed by atoms with Gasteiger partial charge in [-0.25, -0.2) is 4.84 Å². The first-order chi connectivity index (χ1) is 7.61. The molecule has 1 aromatic carbocycles. The topological polar surface area (TPSA) is 9.23 Å². The molecule has 0 fully saturated rings. The lowest BCUT2D eigenvalue weighted by atomic mass is 10.0. The van der Waals surface area contributed by atoms with Gasteiger partial charge in [0.15, 0.2) is 0 Å². The van der Waals surface area contributed by atoms with Gasteiger partial charge in [0.25, 0.3) is 0 Å². The number of benzene rings is 1. The molecular weight excluding hydrogens is 198 g/mol. The van der Waals surface area contributed by atoms with Crippen LogP contribution in [-0.4, -0.2) is 25.3 Å². The van der Waals surface area contributed by atoms with Crippen molar-refractivity contribution in [2.45, 2.75) is 19.4 Å². The molecule has 1 rings (SSSR count). The van der Waals surface area contributed by atoms with E-state index in [2.05, 4.69) is 44.9 Å². The molecule has 0 aliphatic rings. The van der Waals surface area contributed by atoms with E-state index >= 15 is 0 Å². The van der Waals surface area contributed by atoms with Crippen molar-refractivity contribution < 1.29 is 9.48 Å². The van der Waals surface area contributed by atoms with E-state index in [1.165, 1.54) is 5.56 Å². The Morgan fingerprint density at radius 1 is 1.31 bits per heavy atom. The van der Waals surface area contributed by atoms with Crippen molar-refractivity contribution in [3.63, 3.8) is 0 Å². The minimum absolute atomic E-state index is 0.304. The fourth-order valence-electron chi connectivity index (χ4n) is 2.00. The smallest absolute Gasteiger partial charge is 0.147 e. The van der Waals surface area contributed by atoms with Crippen LogP contribution >= 0.6 is 0 Å². The van der Waals surface area contributed by atoms with Crippen LogP contribution in [0.3, 0.4) is 0 Å². The minimum Gasteiger partial charge on any atom is -0.203 e. The van der Waals surface area contributed by atoms with Crippen LogP contribution < -0.4 is 0 Å². The molecule has 1 atom stereocenters. The molecule has 0 aliphatic heterocycles. The van der Waals surface area contributed by atoms with Crippen LogP contribution in [0.2, 0.25) is 0 Å². The largest absolute Gasteiger partial charge is 0.203 e. The summed E-state index contributed by atoms with van der Waals surface area (Å²) < 4.78 is 0.534. The third-order valence-corrected chi connectivity index (χ3v) is 2.79. The molecule has 0 amide bonds. The normalized spacial score (nSPS) is 13.4. The van der Waals surface area contributed by atoms with Gasteiger partial charge in [0.2, 0.25) is 0 Å². The first-order valence-corrected chi connectivity index (χ1v) is 5.76. The zero-order valence-corrected chi connectivity index (χ0v) is 10.5. The molecule has 1 unspecified atom stereocenters. The predicted octanol–water partition coefficient (Wildman–Crippen LogP) is 3.33. The highest BCUT2D eigenvalue weighted by atomic mass is 16.7. The van der Waals surface area contributed by atoms with Gasteiger partial charge in [-0.3, -0.25) is 0 Å². The molecule has 0 radical (unpaired) electrons. The summed E-state index contributed by atoms with van der Waals surface area (Å²) in [6.07, 6.45) is 2.87. The first-order valence-electron chi connectivity index (χ1n) is 5.76. The van der Waals surface area contributed by atoms with Gasteiger partial charge in [0, 0.05) is 12.0 Å². The predicted molar refractivity (Wildman–Crippen MR) is 67.7 cm³/mol. The molecule has 0 spiro atoms. The number of rotatable bonds is 6. The summed E-state index contributed by atoms with van der Waals surface area (Å²) in [6.45, 7) is 6.57. The Hall–Kier alpha value is -1.12. The number of quaternary nitrogens is 1. The van der Waals surface area contributed by atoms with Gasteiger partial charge >= 0.3 is 0 Å². The highest BCUT2D eigenvalue weighted by molar-refractivity contribution is 5.18. The summed E-state index contributed by atoms with van der Waals surface area (Å²) in [6, 6.07) is 10.8. The second kappa shape index (κ2) is 5.83. The monoisotopic (exact) mass is 220 g/mol. The van der Waals surface area contributed by atoms with Gasteiger partial charge in [0.05, 0.1) is 14.1 Å². The number of hydrogen-bond donors (Lipinski definition) is 0. The SMILES string of the molecule is C=CCC(c1ccccc1)[N+](C)(C)OCC. The van der Waals surface area contributed by atoms with E-state index in [0.29, 0.717) is 17.3 Å². The van der Waals surface area contributed by atoms with E-state index in [9.17, 15) is 0 Å². The summed E-state index contributed by atoms with van der Waals surface area (Å²) in [4.78, 5) is 5.79. The van der Waals surface area contributed by atoms with Crippen LogP contribution in [0.4, 0.5) is 0 Å². The molecule has 16 heavy (non-hydrogen) atoms. The Bertz CT molecular complexity index is 319. The van der Waals surface area contributed by atoms with Crippen LogP contribution in [-0.2, 0) is 4.84 Å². The van der Waals surface area contributed by atoms with Crippen LogP contribution in [0.25, 0.3) is 0 Å². The summed E-state index contributed by atoms with van der Waals surface area (Å²) in [5.74, 6) is 0.